The molecular formula is C10H20N2. The predicted molar refractivity (Wildman–Crippen MR) is 52.5 cm³/mol. The zero-order chi connectivity index (χ0) is 8.81. The van der Waals surface area contributed by atoms with E-state index in [1.54, 1.807) is 0 Å². The summed E-state index contributed by atoms with van der Waals surface area (Å²) in [5.41, 5.74) is 4.07. The molecule has 70 valence electrons. The van der Waals surface area contributed by atoms with Crippen LogP contribution in [0.1, 0.15) is 39.0 Å². The molecule has 1 rings (SSSR count). The largest absolute Gasteiger partial charge is 0.271 e. The normalized spacial score (nSPS) is 21.3. The molecule has 3 N–H and O–H groups in total. The predicted octanol–water partition coefficient (Wildman–Crippen LogP) is 1.98. The van der Waals surface area contributed by atoms with Crippen LogP contribution in [-0.4, -0.2) is 6.54 Å². The first kappa shape index (κ1) is 9.75. The van der Waals surface area contributed by atoms with Gasteiger partial charge in [0.15, 0.2) is 0 Å². The highest BCUT2D eigenvalue weighted by atomic mass is 15.2. The lowest BCUT2D eigenvalue weighted by atomic mass is 9.88. The molecule has 1 aliphatic rings. The minimum Gasteiger partial charge on any atom is -0.271 e. The van der Waals surface area contributed by atoms with Gasteiger partial charge in [-0.05, 0) is 25.7 Å². The third kappa shape index (κ3) is 3.37. The molecule has 0 bridgehead atoms. The Labute approximate surface area is 75.2 Å². The lowest BCUT2D eigenvalue weighted by molar-refractivity contribution is 0.417. The van der Waals surface area contributed by atoms with Crippen LogP contribution in [0, 0.1) is 5.92 Å². The van der Waals surface area contributed by atoms with Crippen molar-refractivity contribution in [2.45, 2.75) is 39.0 Å². The molecule has 12 heavy (non-hydrogen) atoms. The van der Waals surface area contributed by atoms with Gasteiger partial charge in [-0.1, -0.05) is 30.9 Å². The number of allylic oxidation sites excluding steroid dienone is 1. The van der Waals surface area contributed by atoms with E-state index in [0.29, 0.717) is 0 Å². The maximum Gasteiger partial charge on any atom is 0.0305 e. The van der Waals surface area contributed by atoms with Crippen LogP contribution in [-0.2, 0) is 0 Å². The van der Waals surface area contributed by atoms with Crippen molar-refractivity contribution in [3.63, 3.8) is 0 Å². The van der Waals surface area contributed by atoms with E-state index in [1.165, 1.54) is 37.7 Å². The third-order valence-corrected chi connectivity index (χ3v) is 2.55. The second kappa shape index (κ2) is 5.33. The van der Waals surface area contributed by atoms with Crippen LogP contribution in [0.4, 0.5) is 0 Å². The smallest absolute Gasteiger partial charge is 0.0305 e. The lowest BCUT2D eigenvalue weighted by Crippen LogP contribution is -2.24. The quantitative estimate of drug-likeness (QED) is 0.384. The Balaban J connectivity index is 2.31. The molecule has 1 aliphatic carbocycles. The second-order valence-corrected chi connectivity index (χ2v) is 3.79. The van der Waals surface area contributed by atoms with Crippen molar-refractivity contribution in [3.05, 3.63) is 11.6 Å². The Bertz CT molecular complexity index is 146. The van der Waals surface area contributed by atoms with Gasteiger partial charge in [-0.15, -0.1) is 0 Å². The number of hydrogen-bond acceptors (Lipinski definition) is 2. The van der Waals surface area contributed by atoms with Crippen LogP contribution in [0.25, 0.3) is 0 Å². The Morgan fingerprint density at radius 2 is 2.08 bits per heavy atom. The third-order valence-electron chi connectivity index (χ3n) is 2.55. The summed E-state index contributed by atoms with van der Waals surface area (Å²) in [5.74, 6) is 6.07. The summed E-state index contributed by atoms with van der Waals surface area (Å²) in [6.07, 6.45) is 9.39. The monoisotopic (exact) mass is 168 g/mol. The fraction of sp³-hybridized carbons (Fsp3) is 0.800. The van der Waals surface area contributed by atoms with Crippen molar-refractivity contribution in [1.29, 1.82) is 0 Å². The van der Waals surface area contributed by atoms with E-state index in [4.69, 9.17) is 5.84 Å². The van der Waals surface area contributed by atoms with Gasteiger partial charge in [0.2, 0.25) is 0 Å². The summed E-state index contributed by atoms with van der Waals surface area (Å²) in [5, 5.41) is 0. The molecule has 0 radical (unpaired) electrons. The van der Waals surface area contributed by atoms with Crippen molar-refractivity contribution < 1.29 is 0 Å². The van der Waals surface area contributed by atoms with E-state index in [1.807, 2.05) is 0 Å². The van der Waals surface area contributed by atoms with Crippen molar-refractivity contribution in [3.8, 4) is 0 Å². The molecule has 2 nitrogen and oxygen atoms in total. The van der Waals surface area contributed by atoms with E-state index >= 15 is 0 Å². The summed E-state index contributed by atoms with van der Waals surface area (Å²) in [6, 6.07) is 0. The maximum absolute atomic E-state index is 5.24. The first-order valence-electron chi connectivity index (χ1n) is 4.93. The van der Waals surface area contributed by atoms with E-state index in [9.17, 15) is 0 Å². The number of hydrazine groups is 1. The van der Waals surface area contributed by atoms with Gasteiger partial charge in [0.25, 0.3) is 0 Å². The van der Waals surface area contributed by atoms with Gasteiger partial charge in [-0.3, -0.25) is 11.3 Å². The van der Waals surface area contributed by atoms with E-state index in [0.717, 1.165) is 12.5 Å². The SMILES string of the molecule is C/C(=C\C1CCCCC1)CNN. The first-order valence-corrected chi connectivity index (χ1v) is 4.93. The van der Waals surface area contributed by atoms with Gasteiger partial charge in [0.05, 0.1) is 0 Å². The van der Waals surface area contributed by atoms with E-state index < -0.39 is 0 Å². The zero-order valence-electron chi connectivity index (χ0n) is 7.97. The highest BCUT2D eigenvalue weighted by Gasteiger charge is 2.10. The van der Waals surface area contributed by atoms with Gasteiger partial charge in [-0.2, -0.15) is 0 Å². The van der Waals surface area contributed by atoms with Crippen LogP contribution in [0.3, 0.4) is 0 Å². The Morgan fingerprint density at radius 3 is 2.67 bits per heavy atom. The molecule has 0 aromatic heterocycles. The van der Waals surface area contributed by atoms with Crippen molar-refractivity contribution in [2.75, 3.05) is 6.54 Å². The van der Waals surface area contributed by atoms with Gasteiger partial charge < -0.3 is 0 Å². The van der Waals surface area contributed by atoms with Crippen LogP contribution in [0.5, 0.6) is 0 Å². The molecular weight excluding hydrogens is 148 g/mol. The summed E-state index contributed by atoms with van der Waals surface area (Å²) in [4.78, 5) is 0. The number of nitrogens with one attached hydrogen (secondary N) is 1. The highest BCUT2D eigenvalue weighted by molar-refractivity contribution is 5.03. The molecule has 0 amide bonds. The highest BCUT2D eigenvalue weighted by Crippen LogP contribution is 2.25. The minimum atomic E-state index is 0.826. The molecule has 1 fully saturated rings. The van der Waals surface area contributed by atoms with Gasteiger partial charge >= 0.3 is 0 Å². The van der Waals surface area contributed by atoms with Gasteiger partial charge in [0.1, 0.15) is 0 Å². The molecule has 0 unspecified atom stereocenters. The molecule has 2 heteroatoms. The summed E-state index contributed by atoms with van der Waals surface area (Å²) in [7, 11) is 0. The molecule has 0 heterocycles. The van der Waals surface area contributed by atoms with Crippen LogP contribution in [0.2, 0.25) is 0 Å². The standard InChI is InChI=1S/C10H20N2/c1-9(8-12-11)7-10-5-3-2-4-6-10/h7,10,12H,2-6,8,11H2,1H3/b9-7+. The minimum absolute atomic E-state index is 0.826. The van der Waals surface area contributed by atoms with Crippen molar-refractivity contribution in [1.82, 2.24) is 5.43 Å². The molecule has 0 aromatic carbocycles. The number of rotatable bonds is 3. The fourth-order valence-corrected chi connectivity index (χ4v) is 1.92. The summed E-state index contributed by atoms with van der Waals surface area (Å²) < 4.78 is 0. The Morgan fingerprint density at radius 1 is 1.42 bits per heavy atom. The average Bonchev–Trinajstić information content (AvgIpc) is 2.06. The van der Waals surface area contributed by atoms with E-state index in [2.05, 4.69) is 18.4 Å². The van der Waals surface area contributed by atoms with Crippen LogP contribution >= 0.6 is 0 Å². The number of nitrogens with two attached hydrogens (primary N) is 1. The summed E-state index contributed by atoms with van der Waals surface area (Å²) in [6.45, 7) is 2.98. The van der Waals surface area contributed by atoms with Crippen LogP contribution in [0.15, 0.2) is 11.6 Å². The lowest BCUT2D eigenvalue weighted by Gasteiger charge is -2.18. The molecule has 0 aromatic rings. The maximum atomic E-state index is 5.24. The molecule has 0 atom stereocenters. The van der Waals surface area contributed by atoms with Gasteiger partial charge in [-0.25, -0.2) is 0 Å². The Kier molecular flexibility index (Phi) is 4.33. The molecule has 0 saturated heterocycles. The zero-order valence-corrected chi connectivity index (χ0v) is 7.97. The molecule has 0 spiro atoms. The van der Waals surface area contributed by atoms with Gasteiger partial charge in [0, 0.05) is 6.54 Å². The Hall–Kier alpha value is -0.340. The topological polar surface area (TPSA) is 38.0 Å². The number of hydrogen-bond donors (Lipinski definition) is 2. The van der Waals surface area contributed by atoms with E-state index in [-0.39, 0.29) is 0 Å². The molecule has 0 aliphatic heterocycles. The van der Waals surface area contributed by atoms with Crippen LogP contribution < -0.4 is 11.3 Å². The fourth-order valence-electron chi connectivity index (χ4n) is 1.92. The average molecular weight is 168 g/mol. The van der Waals surface area contributed by atoms with Crippen molar-refractivity contribution in [2.24, 2.45) is 11.8 Å². The summed E-state index contributed by atoms with van der Waals surface area (Å²) >= 11 is 0. The second-order valence-electron chi connectivity index (χ2n) is 3.79. The van der Waals surface area contributed by atoms with Crippen molar-refractivity contribution >= 4 is 0 Å². The first-order chi connectivity index (χ1) is 5.83. The molecule has 1 saturated carbocycles.